The average molecular weight is 351 g/mol. The van der Waals surface area contributed by atoms with Crippen LogP contribution < -0.4 is 0 Å². The van der Waals surface area contributed by atoms with Crippen LogP contribution in [0, 0.1) is 24.1 Å². The number of aryl methyl sites for hydroxylation is 1. The van der Waals surface area contributed by atoms with Crippen LogP contribution in [0.2, 0.25) is 0 Å². The molecule has 1 saturated carbocycles. The number of fused-ring (bicyclic) bond motifs is 1. The Bertz CT molecular complexity index is 1060. The second kappa shape index (κ2) is 6.23. The van der Waals surface area contributed by atoms with Crippen molar-refractivity contribution in [2.24, 2.45) is 0 Å². The first-order valence-corrected chi connectivity index (χ1v) is 8.19. The molecule has 2 aromatic heterocycles. The molecule has 0 unspecified atom stereocenters. The summed E-state index contributed by atoms with van der Waals surface area (Å²) in [4.78, 5) is 17.0. The van der Waals surface area contributed by atoms with Gasteiger partial charge in [-0.05, 0) is 38.0 Å². The SMILES string of the molecule is Cc1noc2nc(C3CC3)cc(C(=O)OCc3ccc(C#N)cc3F)c12. The number of aromatic nitrogens is 2. The lowest BCUT2D eigenvalue weighted by Crippen LogP contribution is -2.08. The van der Waals surface area contributed by atoms with Crippen molar-refractivity contribution < 1.29 is 18.4 Å². The Hall–Kier alpha value is -3.27. The fraction of sp³-hybridized carbons (Fsp3) is 0.263. The molecule has 1 aliphatic carbocycles. The van der Waals surface area contributed by atoms with Crippen molar-refractivity contribution >= 4 is 17.1 Å². The van der Waals surface area contributed by atoms with Gasteiger partial charge in [-0.1, -0.05) is 11.2 Å². The minimum Gasteiger partial charge on any atom is -0.457 e. The van der Waals surface area contributed by atoms with Crippen LogP contribution in [0.25, 0.3) is 11.1 Å². The number of carbonyl (C=O) groups is 1. The fourth-order valence-electron chi connectivity index (χ4n) is 2.82. The zero-order chi connectivity index (χ0) is 18.3. The molecule has 0 atom stereocenters. The molecule has 0 N–H and O–H groups in total. The summed E-state index contributed by atoms with van der Waals surface area (Å²) in [5, 5.41) is 13.2. The van der Waals surface area contributed by atoms with Gasteiger partial charge in [0, 0.05) is 17.2 Å². The van der Waals surface area contributed by atoms with E-state index in [4.69, 9.17) is 14.5 Å². The Kier molecular flexibility index (Phi) is 3.88. The monoisotopic (exact) mass is 351 g/mol. The van der Waals surface area contributed by atoms with Gasteiger partial charge in [0.15, 0.2) is 0 Å². The van der Waals surface area contributed by atoms with Crippen LogP contribution in [0.15, 0.2) is 28.8 Å². The van der Waals surface area contributed by atoms with Crippen molar-refractivity contribution in [3.63, 3.8) is 0 Å². The van der Waals surface area contributed by atoms with Crippen molar-refractivity contribution in [3.05, 3.63) is 58.2 Å². The van der Waals surface area contributed by atoms with E-state index in [9.17, 15) is 9.18 Å². The summed E-state index contributed by atoms with van der Waals surface area (Å²) in [6.07, 6.45) is 2.05. The first-order chi connectivity index (χ1) is 12.6. The van der Waals surface area contributed by atoms with Crippen LogP contribution in [0.5, 0.6) is 0 Å². The highest BCUT2D eigenvalue weighted by molar-refractivity contribution is 6.03. The number of nitrogens with zero attached hydrogens (tertiary/aromatic N) is 3. The molecule has 0 saturated heterocycles. The molecule has 26 heavy (non-hydrogen) atoms. The highest BCUT2D eigenvalue weighted by Crippen LogP contribution is 2.40. The number of esters is 1. The highest BCUT2D eigenvalue weighted by Gasteiger charge is 2.29. The molecule has 7 heteroatoms. The van der Waals surface area contributed by atoms with Crippen LogP contribution in [0.1, 0.15) is 51.6 Å². The Morgan fingerprint density at radius 3 is 2.92 bits per heavy atom. The predicted molar refractivity (Wildman–Crippen MR) is 88.8 cm³/mol. The van der Waals surface area contributed by atoms with E-state index in [0.29, 0.717) is 28.3 Å². The maximum atomic E-state index is 14.0. The van der Waals surface area contributed by atoms with Gasteiger partial charge in [0.25, 0.3) is 5.71 Å². The summed E-state index contributed by atoms with van der Waals surface area (Å²) in [6.45, 7) is 1.49. The van der Waals surface area contributed by atoms with Crippen molar-refractivity contribution in [3.8, 4) is 6.07 Å². The smallest absolute Gasteiger partial charge is 0.339 e. The topological polar surface area (TPSA) is 89.0 Å². The number of benzene rings is 1. The molecule has 0 aliphatic heterocycles. The van der Waals surface area contributed by atoms with Crippen LogP contribution >= 0.6 is 0 Å². The molecule has 2 heterocycles. The zero-order valence-corrected chi connectivity index (χ0v) is 14.0. The van der Waals surface area contributed by atoms with Crippen molar-refractivity contribution in [2.75, 3.05) is 0 Å². The summed E-state index contributed by atoms with van der Waals surface area (Å²) < 4.78 is 24.5. The average Bonchev–Trinajstić information content (AvgIpc) is 3.43. The molecule has 1 aromatic carbocycles. The number of hydrogen-bond donors (Lipinski definition) is 0. The first kappa shape index (κ1) is 16.2. The van der Waals surface area contributed by atoms with E-state index in [1.54, 1.807) is 13.0 Å². The normalized spacial score (nSPS) is 13.6. The second-order valence-electron chi connectivity index (χ2n) is 6.31. The number of rotatable bonds is 4. The molecule has 130 valence electrons. The lowest BCUT2D eigenvalue weighted by atomic mass is 10.1. The molecule has 1 fully saturated rings. The Morgan fingerprint density at radius 1 is 1.42 bits per heavy atom. The predicted octanol–water partition coefficient (Wildman–Crippen LogP) is 3.78. The maximum absolute atomic E-state index is 14.0. The number of ether oxygens (including phenoxy) is 1. The second-order valence-corrected chi connectivity index (χ2v) is 6.31. The Morgan fingerprint density at radius 2 is 2.23 bits per heavy atom. The third-order valence-corrected chi connectivity index (χ3v) is 4.39. The first-order valence-electron chi connectivity index (χ1n) is 8.19. The van der Waals surface area contributed by atoms with E-state index in [1.165, 1.54) is 12.1 Å². The lowest BCUT2D eigenvalue weighted by Gasteiger charge is -2.08. The zero-order valence-electron chi connectivity index (χ0n) is 14.0. The largest absolute Gasteiger partial charge is 0.457 e. The summed E-state index contributed by atoms with van der Waals surface area (Å²) in [5.41, 5.74) is 2.37. The van der Waals surface area contributed by atoms with Crippen LogP contribution in [0.3, 0.4) is 0 Å². The molecule has 3 aromatic rings. The number of nitriles is 1. The number of pyridine rings is 1. The summed E-state index contributed by atoms with van der Waals surface area (Å²) in [7, 11) is 0. The Balaban J connectivity index is 1.62. The fourth-order valence-corrected chi connectivity index (χ4v) is 2.82. The van der Waals surface area contributed by atoms with Crippen molar-refractivity contribution in [2.45, 2.75) is 32.3 Å². The quantitative estimate of drug-likeness (QED) is 0.665. The van der Waals surface area contributed by atoms with E-state index in [2.05, 4.69) is 10.1 Å². The van der Waals surface area contributed by atoms with Gasteiger partial charge in [-0.2, -0.15) is 5.26 Å². The van der Waals surface area contributed by atoms with Gasteiger partial charge < -0.3 is 9.26 Å². The minimum absolute atomic E-state index is 0.201. The van der Waals surface area contributed by atoms with E-state index < -0.39 is 11.8 Å². The van der Waals surface area contributed by atoms with Crippen LogP contribution in [-0.4, -0.2) is 16.1 Å². The third kappa shape index (κ3) is 2.90. The van der Waals surface area contributed by atoms with Gasteiger partial charge in [0.2, 0.25) is 0 Å². The minimum atomic E-state index is -0.589. The molecular weight excluding hydrogens is 337 g/mol. The number of carbonyl (C=O) groups excluding carboxylic acids is 1. The van der Waals surface area contributed by atoms with Gasteiger partial charge in [0.1, 0.15) is 12.4 Å². The molecular formula is C19H14FN3O3. The molecule has 4 rings (SSSR count). The van der Waals surface area contributed by atoms with Gasteiger partial charge >= 0.3 is 5.97 Å². The van der Waals surface area contributed by atoms with Crippen molar-refractivity contribution in [1.29, 1.82) is 5.26 Å². The Labute approximate surface area is 148 Å². The van der Waals surface area contributed by atoms with E-state index in [1.807, 2.05) is 6.07 Å². The molecule has 0 radical (unpaired) electrons. The van der Waals surface area contributed by atoms with Gasteiger partial charge in [0.05, 0.1) is 28.3 Å². The molecule has 6 nitrogen and oxygen atoms in total. The van der Waals surface area contributed by atoms with Gasteiger partial charge in [-0.25, -0.2) is 14.2 Å². The third-order valence-electron chi connectivity index (χ3n) is 4.39. The van der Waals surface area contributed by atoms with Crippen LogP contribution in [0.4, 0.5) is 4.39 Å². The summed E-state index contributed by atoms with van der Waals surface area (Å²) in [6, 6.07) is 7.60. The highest BCUT2D eigenvalue weighted by atomic mass is 19.1. The van der Waals surface area contributed by atoms with E-state index in [0.717, 1.165) is 24.6 Å². The molecule has 0 bridgehead atoms. The number of hydrogen-bond acceptors (Lipinski definition) is 6. The van der Waals surface area contributed by atoms with Crippen molar-refractivity contribution in [1.82, 2.24) is 10.1 Å². The number of halogens is 1. The summed E-state index contributed by atoms with van der Waals surface area (Å²) in [5.74, 6) is -0.849. The lowest BCUT2D eigenvalue weighted by molar-refractivity contribution is 0.0471. The van der Waals surface area contributed by atoms with Crippen LogP contribution in [-0.2, 0) is 11.3 Å². The van der Waals surface area contributed by atoms with Gasteiger partial charge in [-0.3, -0.25) is 0 Å². The summed E-state index contributed by atoms with van der Waals surface area (Å²) >= 11 is 0. The standard InChI is InChI=1S/C19H14FN3O3/c1-10-17-14(7-16(12-4-5-12)22-18(17)26-23-10)19(24)25-9-13-3-2-11(8-21)6-15(13)20/h2-3,6-7,12H,4-5,9H2,1H3. The van der Waals surface area contributed by atoms with Gasteiger partial charge in [-0.15, -0.1) is 0 Å². The maximum Gasteiger partial charge on any atom is 0.339 e. The molecule has 1 aliphatic rings. The van der Waals surface area contributed by atoms with E-state index in [-0.39, 0.29) is 17.7 Å². The van der Waals surface area contributed by atoms with E-state index >= 15 is 0 Å². The molecule has 0 spiro atoms. The molecule has 0 amide bonds.